The summed E-state index contributed by atoms with van der Waals surface area (Å²) in [6.07, 6.45) is 8.57. The van der Waals surface area contributed by atoms with E-state index < -0.39 is 11.9 Å². The molecule has 0 heterocycles. The highest BCUT2D eigenvalue weighted by Gasteiger charge is 2.04. The Morgan fingerprint density at radius 3 is 1.50 bits per heavy atom. The van der Waals surface area contributed by atoms with Crippen molar-refractivity contribution < 1.29 is 38.7 Å². The maximum Gasteiger partial charge on any atom is 0.328 e. The highest BCUT2D eigenvalue weighted by molar-refractivity contribution is 5.86. The predicted molar refractivity (Wildman–Crippen MR) is 119 cm³/mol. The molecule has 0 fully saturated rings. The molecule has 0 spiro atoms. The third-order valence-corrected chi connectivity index (χ3v) is 4.08. The molecule has 168 valence electrons. The van der Waals surface area contributed by atoms with Crippen molar-refractivity contribution in [3.8, 4) is 23.0 Å². The maximum absolute atomic E-state index is 10.7. The second-order valence-corrected chi connectivity index (χ2v) is 6.24. The number of hydrogen-bond donors (Lipinski definition) is 2. The van der Waals surface area contributed by atoms with Gasteiger partial charge in [-0.15, -0.1) is 0 Å². The zero-order valence-electron chi connectivity index (χ0n) is 17.7. The van der Waals surface area contributed by atoms with Crippen molar-refractivity contribution in [2.75, 3.05) is 27.4 Å². The summed E-state index contributed by atoms with van der Waals surface area (Å²) >= 11 is 0. The van der Waals surface area contributed by atoms with Crippen molar-refractivity contribution in [3.63, 3.8) is 0 Å². The van der Waals surface area contributed by atoms with Crippen molar-refractivity contribution in [1.82, 2.24) is 0 Å². The number of rotatable bonds is 12. The number of carbonyl (C=O) groups is 2. The molecule has 0 aliphatic carbocycles. The van der Waals surface area contributed by atoms with E-state index >= 15 is 0 Å². The minimum absolute atomic E-state index is 0.305. The predicted octanol–water partition coefficient (Wildman–Crippen LogP) is 3.91. The van der Waals surface area contributed by atoms with Crippen LogP contribution in [0, 0.1) is 0 Å². The van der Waals surface area contributed by atoms with E-state index in [0.29, 0.717) is 47.3 Å². The third-order valence-electron chi connectivity index (χ3n) is 4.08. The molecule has 8 heteroatoms. The van der Waals surface area contributed by atoms with Gasteiger partial charge in [0.25, 0.3) is 0 Å². The van der Waals surface area contributed by atoms with Gasteiger partial charge in [0, 0.05) is 35.4 Å². The fourth-order valence-electron chi connectivity index (χ4n) is 2.58. The summed E-state index contributed by atoms with van der Waals surface area (Å²) in [7, 11) is 3.00. The van der Waals surface area contributed by atoms with Crippen LogP contribution in [0.4, 0.5) is 0 Å². The van der Waals surface area contributed by atoms with E-state index in [4.69, 9.17) is 29.2 Å². The van der Waals surface area contributed by atoms with Crippen LogP contribution in [0.25, 0.3) is 12.2 Å². The van der Waals surface area contributed by atoms with E-state index in [2.05, 4.69) is 0 Å². The van der Waals surface area contributed by atoms with Crippen molar-refractivity contribution in [2.24, 2.45) is 0 Å². The Hall–Kier alpha value is -4.20. The average molecular weight is 440 g/mol. The van der Waals surface area contributed by atoms with Gasteiger partial charge in [-0.05, 0) is 48.6 Å². The summed E-state index contributed by atoms with van der Waals surface area (Å²) < 4.78 is 21.8. The second kappa shape index (κ2) is 12.5. The van der Waals surface area contributed by atoms with Gasteiger partial charge in [-0.3, -0.25) is 0 Å². The summed E-state index contributed by atoms with van der Waals surface area (Å²) in [4.78, 5) is 21.3. The molecule has 8 nitrogen and oxygen atoms in total. The van der Waals surface area contributed by atoms with Crippen molar-refractivity contribution in [2.45, 2.75) is 0 Å². The molecule has 0 unspecified atom stereocenters. The molecule has 0 aliphatic heterocycles. The van der Waals surface area contributed by atoms with Gasteiger partial charge in [-0.25, -0.2) is 9.59 Å². The van der Waals surface area contributed by atoms with E-state index in [0.717, 1.165) is 12.2 Å². The Bertz CT molecular complexity index is 939. The zero-order chi connectivity index (χ0) is 23.3. The lowest BCUT2D eigenvalue weighted by molar-refractivity contribution is -0.132. The highest BCUT2D eigenvalue weighted by atomic mass is 16.5. The van der Waals surface area contributed by atoms with Crippen LogP contribution in [-0.2, 0) is 9.59 Å². The van der Waals surface area contributed by atoms with E-state index in [-0.39, 0.29) is 0 Å². The van der Waals surface area contributed by atoms with Gasteiger partial charge in [0.2, 0.25) is 0 Å². The maximum atomic E-state index is 10.7. The van der Waals surface area contributed by atoms with Crippen LogP contribution in [0.15, 0.2) is 60.7 Å². The van der Waals surface area contributed by atoms with E-state index in [1.807, 2.05) is 0 Å². The van der Waals surface area contributed by atoms with Crippen LogP contribution >= 0.6 is 0 Å². The normalized spacial score (nSPS) is 11.2. The lowest BCUT2D eigenvalue weighted by Gasteiger charge is -2.09. The minimum Gasteiger partial charge on any atom is -0.496 e. The van der Waals surface area contributed by atoms with Crippen LogP contribution in [0.5, 0.6) is 23.0 Å². The van der Waals surface area contributed by atoms with Crippen LogP contribution in [0.3, 0.4) is 0 Å². The molecule has 0 saturated carbocycles. The number of aliphatic carboxylic acids is 2. The molecular formula is C24H24O8. The summed E-state index contributed by atoms with van der Waals surface area (Å²) in [6.45, 7) is 0.609. The Morgan fingerprint density at radius 1 is 0.750 bits per heavy atom. The number of benzene rings is 2. The monoisotopic (exact) mass is 440 g/mol. The number of carboxylic acid groups (broad SMARTS) is 2. The highest BCUT2D eigenvalue weighted by Crippen LogP contribution is 2.27. The zero-order valence-corrected chi connectivity index (χ0v) is 17.7. The number of carboxylic acids is 2. The van der Waals surface area contributed by atoms with Gasteiger partial charge in [-0.2, -0.15) is 0 Å². The first-order valence-corrected chi connectivity index (χ1v) is 9.51. The minimum atomic E-state index is -1.04. The second-order valence-electron chi connectivity index (χ2n) is 6.24. The van der Waals surface area contributed by atoms with E-state index in [1.54, 1.807) is 48.6 Å². The van der Waals surface area contributed by atoms with E-state index in [1.165, 1.54) is 26.4 Å². The number of methoxy groups -OCH3 is 2. The number of ether oxygens (including phenoxy) is 4. The molecule has 2 rings (SSSR count). The fraction of sp³-hybridized carbons (Fsp3) is 0.167. The van der Waals surface area contributed by atoms with Gasteiger partial charge in [0.1, 0.15) is 36.2 Å². The molecule has 0 saturated heterocycles. The van der Waals surface area contributed by atoms with Gasteiger partial charge in [0.05, 0.1) is 14.2 Å². The Morgan fingerprint density at radius 2 is 1.16 bits per heavy atom. The molecule has 0 amide bonds. The first-order chi connectivity index (χ1) is 15.4. The average Bonchev–Trinajstić information content (AvgIpc) is 2.78. The van der Waals surface area contributed by atoms with Crippen molar-refractivity contribution in [1.29, 1.82) is 0 Å². The fourth-order valence-corrected chi connectivity index (χ4v) is 2.58. The summed E-state index contributed by atoms with van der Waals surface area (Å²) in [5.41, 5.74) is 1.26. The molecule has 2 aromatic carbocycles. The quantitative estimate of drug-likeness (QED) is 0.377. The standard InChI is InChI=1S/C24H24O8/c1-29-21-15-19(9-5-17(21)7-11-23(25)26)31-13-3-4-14-32-20-10-6-18(8-12-24(27)28)22(16-20)30-2/h3-12,15-16H,13-14H2,1-2H3,(H,25,26)(H,27,28). The number of hydrogen-bond acceptors (Lipinski definition) is 6. The molecule has 0 bridgehead atoms. The topological polar surface area (TPSA) is 112 Å². The van der Waals surface area contributed by atoms with Crippen molar-refractivity contribution >= 4 is 24.1 Å². The summed E-state index contributed by atoms with van der Waals surface area (Å²) in [5, 5.41) is 17.5. The molecule has 0 radical (unpaired) electrons. The van der Waals surface area contributed by atoms with Gasteiger partial charge in [0.15, 0.2) is 0 Å². The SMILES string of the molecule is COc1cc(OCC=CCOc2ccc(C=CC(=O)O)c(OC)c2)ccc1C=CC(=O)O. The van der Waals surface area contributed by atoms with Crippen molar-refractivity contribution in [3.05, 3.63) is 71.8 Å². The summed E-state index contributed by atoms with van der Waals surface area (Å²) in [5.74, 6) is 0.0865. The van der Waals surface area contributed by atoms with Crippen LogP contribution in [0.1, 0.15) is 11.1 Å². The van der Waals surface area contributed by atoms with Gasteiger partial charge >= 0.3 is 11.9 Å². The largest absolute Gasteiger partial charge is 0.496 e. The van der Waals surface area contributed by atoms with Crippen LogP contribution in [-0.4, -0.2) is 49.6 Å². The smallest absolute Gasteiger partial charge is 0.328 e. The summed E-state index contributed by atoms with van der Waals surface area (Å²) in [6, 6.07) is 10.2. The lowest BCUT2D eigenvalue weighted by Crippen LogP contribution is -1.98. The first kappa shape index (κ1) is 24.1. The van der Waals surface area contributed by atoms with Crippen LogP contribution in [0.2, 0.25) is 0 Å². The first-order valence-electron chi connectivity index (χ1n) is 9.51. The molecule has 0 aliphatic rings. The van der Waals surface area contributed by atoms with Crippen LogP contribution < -0.4 is 18.9 Å². The van der Waals surface area contributed by atoms with Gasteiger partial charge in [-0.1, -0.05) is 0 Å². The molecular weight excluding hydrogens is 416 g/mol. The molecule has 2 N–H and O–H groups in total. The molecule has 0 atom stereocenters. The Balaban J connectivity index is 1.86. The van der Waals surface area contributed by atoms with E-state index in [9.17, 15) is 9.59 Å². The Labute approximate surface area is 185 Å². The Kier molecular flexibility index (Phi) is 9.39. The molecule has 0 aromatic heterocycles. The molecule has 2 aromatic rings. The molecule has 32 heavy (non-hydrogen) atoms. The lowest BCUT2D eigenvalue weighted by atomic mass is 10.1. The third kappa shape index (κ3) is 7.91. The van der Waals surface area contributed by atoms with Gasteiger partial charge < -0.3 is 29.2 Å².